The standard InChI is InChI=1S/C17H16N2O4.C10H10N2O4S.C8H10O.Na.H/c1-3-11-9-13(20)23-16-14(11)15(21)18-17(19-16)22-10(2)12-7-5-4-6-8-12;1-3-5-4-6(13)16-9-7(5)8(14)11-10(12-9)17(2)15;1-7(9)8-5-3-2-4-6-8;;/h4-10H,3H2,1-2H3,(H,18,19,21);4H,3H2,1-2H3,(H,11,12,14);2-7,9H,1H3;;/q;;;+1;-1/t10-;;7-;;/m1.1../s1. The van der Waals surface area contributed by atoms with Gasteiger partial charge in [-0.25, -0.2) is 9.59 Å². The molecule has 0 aliphatic carbocycles. The number of hydrogen-bond acceptors (Lipinski definition) is 11. The van der Waals surface area contributed by atoms with Crippen LogP contribution in [0.4, 0.5) is 0 Å². The Kier molecular flexibility index (Phi) is 14.8. The maximum Gasteiger partial charge on any atom is 1.00 e. The number of hydrogen-bond donors (Lipinski definition) is 3. The van der Waals surface area contributed by atoms with Crippen LogP contribution in [0.15, 0.2) is 106 Å². The van der Waals surface area contributed by atoms with Gasteiger partial charge in [-0.3, -0.25) is 23.8 Å². The molecule has 1 unspecified atom stereocenters. The fourth-order valence-electron chi connectivity index (χ4n) is 4.70. The number of H-pyrrole nitrogens is 2. The van der Waals surface area contributed by atoms with E-state index in [0.717, 1.165) is 11.1 Å². The topological polar surface area (TPSA) is 198 Å². The molecule has 0 saturated heterocycles. The number of benzene rings is 2. The first kappa shape index (κ1) is 40.0. The van der Waals surface area contributed by atoms with Gasteiger partial charge in [0.1, 0.15) is 16.9 Å². The molecule has 6 aromatic rings. The normalized spacial score (nSPS) is 12.4. The van der Waals surface area contributed by atoms with Gasteiger partial charge >= 0.3 is 40.8 Å². The van der Waals surface area contributed by atoms with E-state index in [9.17, 15) is 23.4 Å². The van der Waals surface area contributed by atoms with E-state index < -0.39 is 27.6 Å². The van der Waals surface area contributed by atoms with Crippen molar-refractivity contribution in [3.05, 3.63) is 137 Å². The molecule has 13 nitrogen and oxygen atoms in total. The minimum atomic E-state index is -1.44. The number of aromatic amines is 2. The average molecular weight is 713 g/mol. The van der Waals surface area contributed by atoms with Gasteiger partial charge in [-0.05, 0) is 48.9 Å². The fourth-order valence-corrected chi connectivity index (χ4v) is 5.15. The molecule has 0 aliphatic rings. The zero-order valence-corrected chi connectivity index (χ0v) is 31.3. The van der Waals surface area contributed by atoms with E-state index >= 15 is 0 Å². The van der Waals surface area contributed by atoms with Gasteiger partial charge in [-0.1, -0.05) is 74.5 Å². The molecule has 0 aliphatic heterocycles. The zero-order chi connectivity index (χ0) is 35.7. The molecule has 0 saturated carbocycles. The molecule has 258 valence electrons. The molecule has 0 amide bonds. The number of ether oxygens (including phenoxy) is 1. The second-order valence-electron chi connectivity index (χ2n) is 10.7. The molecule has 0 spiro atoms. The van der Waals surface area contributed by atoms with Crippen LogP contribution >= 0.6 is 0 Å². The number of fused-ring (bicyclic) bond motifs is 2. The smallest absolute Gasteiger partial charge is 1.00 e. The molecule has 4 aromatic heterocycles. The first-order valence-electron chi connectivity index (χ1n) is 15.3. The largest absolute Gasteiger partial charge is 1.00 e. The van der Waals surface area contributed by atoms with Crippen LogP contribution in [0.1, 0.15) is 63.6 Å². The summed E-state index contributed by atoms with van der Waals surface area (Å²) in [4.78, 5) is 59.9. The first-order chi connectivity index (χ1) is 23.4. The number of nitrogens with one attached hydrogen (secondary N) is 2. The molecule has 3 N–H and O–H groups in total. The van der Waals surface area contributed by atoms with Gasteiger partial charge in [0, 0.05) is 18.4 Å². The second kappa shape index (κ2) is 18.5. The van der Waals surface area contributed by atoms with Crippen LogP contribution in [0.5, 0.6) is 6.01 Å². The van der Waals surface area contributed by atoms with Crippen molar-refractivity contribution >= 4 is 33.0 Å². The molecule has 0 radical (unpaired) electrons. The summed E-state index contributed by atoms with van der Waals surface area (Å²) in [5.74, 6) is 0. The summed E-state index contributed by atoms with van der Waals surface area (Å²) in [6.45, 7) is 7.28. The predicted octanol–water partition coefficient (Wildman–Crippen LogP) is 1.61. The Morgan fingerprint density at radius 1 is 0.780 bits per heavy atom. The Balaban J connectivity index is 0.000000284. The van der Waals surface area contributed by atoms with Gasteiger partial charge < -0.3 is 20.1 Å². The van der Waals surface area contributed by atoms with E-state index in [1.165, 1.54) is 18.4 Å². The van der Waals surface area contributed by atoms with E-state index in [0.29, 0.717) is 24.0 Å². The Hall–Kier alpha value is -4.47. The Morgan fingerprint density at radius 2 is 1.24 bits per heavy atom. The van der Waals surface area contributed by atoms with Crippen molar-refractivity contribution in [3.8, 4) is 6.01 Å². The molecule has 0 fully saturated rings. The van der Waals surface area contributed by atoms with Crippen molar-refractivity contribution in [2.24, 2.45) is 0 Å². The Bertz CT molecular complexity index is 2310. The van der Waals surface area contributed by atoms with E-state index in [1.54, 1.807) is 6.92 Å². The first-order valence-corrected chi connectivity index (χ1v) is 16.9. The van der Waals surface area contributed by atoms with Gasteiger partial charge in [0.15, 0.2) is 0 Å². The minimum absolute atomic E-state index is 0. The summed E-state index contributed by atoms with van der Waals surface area (Å²) in [6.07, 6.45) is 1.78. The summed E-state index contributed by atoms with van der Waals surface area (Å²) in [5.41, 5.74) is 1.08. The third kappa shape index (κ3) is 10.3. The molecular formula is C35H37N4NaO9S. The molecule has 15 heteroatoms. The summed E-state index contributed by atoms with van der Waals surface area (Å²) in [6, 6.07) is 21.7. The van der Waals surface area contributed by atoms with Crippen LogP contribution in [-0.2, 0) is 23.6 Å². The zero-order valence-electron chi connectivity index (χ0n) is 29.5. The van der Waals surface area contributed by atoms with E-state index in [4.69, 9.17) is 18.7 Å². The number of rotatable bonds is 7. The maximum absolute atomic E-state index is 12.3. The molecule has 4 heterocycles. The molecule has 6 rings (SSSR count). The summed E-state index contributed by atoms with van der Waals surface area (Å²) < 4.78 is 26.8. The molecule has 2 aromatic carbocycles. The predicted molar refractivity (Wildman–Crippen MR) is 187 cm³/mol. The average Bonchev–Trinajstić information content (AvgIpc) is 3.08. The van der Waals surface area contributed by atoms with Gasteiger partial charge in [0.25, 0.3) is 17.1 Å². The van der Waals surface area contributed by atoms with Crippen LogP contribution in [0.2, 0.25) is 0 Å². The van der Waals surface area contributed by atoms with E-state index in [-0.39, 0.29) is 82.1 Å². The second-order valence-corrected chi connectivity index (χ2v) is 12.0. The monoisotopic (exact) mass is 712 g/mol. The number of aryl methyl sites for hydroxylation is 2. The van der Waals surface area contributed by atoms with Gasteiger partial charge in [-0.2, -0.15) is 9.97 Å². The molecule has 0 bridgehead atoms. The van der Waals surface area contributed by atoms with Crippen molar-refractivity contribution in [2.75, 3.05) is 6.26 Å². The number of nitrogens with zero attached hydrogens (tertiary/aromatic N) is 2. The molecule has 3 atom stereocenters. The van der Waals surface area contributed by atoms with Gasteiger partial charge in [0.05, 0.1) is 16.9 Å². The van der Waals surface area contributed by atoms with Crippen LogP contribution in [-0.4, -0.2) is 35.5 Å². The molecular weight excluding hydrogens is 675 g/mol. The summed E-state index contributed by atoms with van der Waals surface area (Å²) in [7, 11) is -1.44. The Labute approximate surface area is 312 Å². The third-order valence-electron chi connectivity index (χ3n) is 7.22. The summed E-state index contributed by atoms with van der Waals surface area (Å²) >= 11 is 0. The van der Waals surface area contributed by atoms with Crippen LogP contribution in [0.25, 0.3) is 22.2 Å². The quantitative estimate of drug-likeness (QED) is 0.161. The number of aromatic nitrogens is 4. The third-order valence-corrected chi connectivity index (χ3v) is 7.96. The number of aliphatic hydroxyl groups excluding tert-OH is 1. The van der Waals surface area contributed by atoms with Crippen LogP contribution in [0, 0.1) is 0 Å². The fraction of sp³-hybridized carbons (Fsp3) is 0.257. The number of aliphatic hydroxyl groups is 1. The summed E-state index contributed by atoms with van der Waals surface area (Å²) in [5, 5.41) is 9.54. The maximum atomic E-state index is 12.3. The van der Waals surface area contributed by atoms with Crippen molar-refractivity contribution in [1.29, 1.82) is 0 Å². The minimum Gasteiger partial charge on any atom is -1.00 e. The van der Waals surface area contributed by atoms with Crippen molar-refractivity contribution in [1.82, 2.24) is 19.9 Å². The molecule has 50 heavy (non-hydrogen) atoms. The Morgan fingerprint density at radius 3 is 1.68 bits per heavy atom. The van der Waals surface area contributed by atoms with E-state index in [1.807, 2.05) is 81.4 Å². The van der Waals surface area contributed by atoms with Crippen molar-refractivity contribution in [3.63, 3.8) is 0 Å². The van der Waals surface area contributed by atoms with Crippen molar-refractivity contribution in [2.45, 2.75) is 57.9 Å². The van der Waals surface area contributed by atoms with Crippen LogP contribution < -0.4 is 56.7 Å². The SMILES string of the molecule is CCc1cc(=O)oc2nc(O[C@H](C)c3ccccc3)[nH]c(=O)c12.CCc1cc(=O)oc2nc(S(C)=O)[nH]c(=O)c12.C[C@@H](O)c1ccccc1.[H-].[Na+]. The van der Waals surface area contributed by atoms with Crippen molar-refractivity contribution < 1.29 is 53.9 Å². The van der Waals surface area contributed by atoms with E-state index in [2.05, 4.69) is 19.9 Å². The van der Waals surface area contributed by atoms with Gasteiger partial charge in [-0.15, -0.1) is 0 Å². The van der Waals surface area contributed by atoms with Crippen LogP contribution in [0.3, 0.4) is 0 Å². The van der Waals surface area contributed by atoms with Gasteiger partial charge in [0.2, 0.25) is 16.6 Å².